The van der Waals surface area contributed by atoms with Crippen LogP contribution >= 0.6 is 0 Å². The Balaban J connectivity index is 1.60. The van der Waals surface area contributed by atoms with Crippen LogP contribution in [-0.4, -0.2) is 42.8 Å². The minimum atomic E-state index is 0.00289. The van der Waals surface area contributed by atoms with Crippen LogP contribution in [-0.2, 0) is 6.42 Å². The van der Waals surface area contributed by atoms with Crippen molar-refractivity contribution in [2.45, 2.75) is 50.6 Å². The smallest absolute Gasteiger partial charge is 0.317 e. The number of ether oxygens (including phenoxy) is 1. The van der Waals surface area contributed by atoms with E-state index in [0.29, 0.717) is 5.92 Å². The molecule has 24 heavy (non-hydrogen) atoms. The van der Waals surface area contributed by atoms with E-state index >= 15 is 0 Å². The van der Waals surface area contributed by atoms with Gasteiger partial charge in [-0.3, -0.25) is 0 Å². The number of amides is 2. The number of rotatable bonds is 4. The third-order valence-electron chi connectivity index (χ3n) is 5.69. The van der Waals surface area contributed by atoms with Gasteiger partial charge in [0.2, 0.25) is 0 Å². The van der Waals surface area contributed by atoms with Crippen molar-refractivity contribution in [3.63, 3.8) is 0 Å². The maximum Gasteiger partial charge on any atom is 0.317 e. The number of hydrogen-bond donors (Lipinski definition) is 2. The standard InChI is InChI=1S/C19H28N2O3/c1-21(14-8-6-13(12-22)7-9-14)19(23)20-17-11-10-16-15(17)4-3-5-18(16)24-2/h3-5,13-14,17,22H,6-12H2,1-2H3,(H,20,23). The lowest BCUT2D eigenvalue weighted by Crippen LogP contribution is -2.46. The molecule has 1 aromatic rings. The van der Waals surface area contributed by atoms with E-state index in [1.165, 1.54) is 11.1 Å². The number of urea groups is 1. The third kappa shape index (κ3) is 3.36. The van der Waals surface area contributed by atoms with Crippen LogP contribution in [0.25, 0.3) is 0 Å². The summed E-state index contributed by atoms with van der Waals surface area (Å²) < 4.78 is 5.43. The Hall–Kier alpha value is -1.75. The van der Waals surface area contributed by atoms with Gasteiger partial charge in [-0.25, -0.2) is 4.79 Å². The summed E-state index contributed by atoms with van der Waals surface area (Å²) in [5.74, 6) is 1.33. The molecule has 1 unspecified atom stereocenters. The summed E-state index contributed by atoms with van der Waals surface area (Å²) in [6.07, 6.45) is 5.82. The first-order valence-electron chi connectivity index (χ1n) is 8.94. The average Bonchev–Trinajstić information content (AvgIpc) is 3.04. The Morgan fingerprint density at radius 1 is 1.29 bits per heavy atom. The quantitative estimate of drug-likeness (QED) is 0.891. The first kappa shape index (κ1) is 17.1. The van der Waals surface area contributed by atoms with Gasteiger partial charge in [-0.1, -0.05) is 12.1 Å². The number of fused-ring (bicyclic) bond motifs is 1. The average molecular weight is 332 g/mol. The Morgan fingerprint density at radius 2 is 2.04 bits per heavy atom. The van der Waals surface area contributed by atoms with Crippen LogP contribution in [0.2, 0.25) is 0 Å². The summed E-state index contributed by atoms with van der Waals surface area (Å²) in [4.78, 5) is 14.5. The highest BCUT2D eigenvalue weighted by atomic mass is 16.5. The number of aliphatic hydroxyl groups is 1. The summed E-state index contributed by atoms with van der Waals surface area (Å²) in [7, 11) is 3.58. The van der Waals surface area contributed by atoms with E-state index in [9.17, 15) is 9.90 Å². The maximum atomic E-state index is 12.6. The number of carbonyl (C=O) groups excluding carboxylic acids is 1. The summed E-state index contributed by atoms with van der Waals surface area (Å²) in [5.41, 5.74) is 2.40. The topological polar surface area (TPSA) is 61.8 Å². The molecule has 5 nitrogen and oxygen atoms in total. The van der Waals surface area contributed by atoms with Crippen LogP contribution in [0.4, 0.5) is 4.79 Å². The molecule has 2 aliphatic rings. The third-order valence-corrected chi connectivity index (χ3v) is 5.69. The Labute approximate surface area is 144 Å². The summed E-state index contributed by atoms with van der Waals surface area (Å²) >= 11 is 0. The molecular formula is C19H28N2O3. The molecule has 2 amide bonds. The van der Waals surface area contributed by atoms with E-state index in [4.69, 9.17) is 4.74 Å². The fraction of sp³-hybridized carbons (Fsp3) is 0.632. The molecule has 0 aliphatic heterocycles. The van der Waals surface area contributed by atoms with E-state index in [0.717, 1.165) is 44.3 Å². The van der Waals surface area contributed by atoms with Gasteiger partial charge < -0.3 is 20.1 Å². The van der Waals surface area contributed by atoms with Crippen molar-refractivity contribution in [2.24, 2.45) is 5.92 Å². The van der Waals surface area contributed by atoms with Gasteiger partial charge in [-0.2, -0.15) is 0 Å². The second-order valence-electron chi connectivity index (χ2n) is 7.04. The van der Waals surface area contributed by atoms with Crippen LogP contribution in [0, 0.1) is 5.92 Å². The molecule has 1 saturated carbocycles. The molecular weight excluding hydrogens is 304 g/mol. The Morgan fingerprint density at radius 3 is 2.71 bits per heavy atom. The fourth-order valence-electron chi connectivity index (χ4n) is 4.09. The van der Waals surface area contributed by atoms with Gasteiger partial charge in [-0.15, -0.1) is 0 Å². The summed E-state index contributed by atoms with van der Waals surface area (Å²) in [6.45, 7) is 0.267. The zero-order chi connectivity index (χ0) is 17.1. The number of methoxy groups -OCH3 is 1. The van der Waals surface area contributed by atoms with Crippen molar-refractivity contribution in [3.05, 3.63) is 29.3 Å². The van der Waals surface area contributed by atoms with Gasteiger partial charge in [0.1, 0.15) is 5.75 Å². The number of nitrogens with one attached hydrogen (secondary N) is 1. The zero-order valence-corrected chi connectivity index (χ0v) is 14.6. The molecule has 132 valence electrons. The van der Waals surface area contributed by atoms with Crippen LogP contribution in [0.15, 0.2) is 18.2 Å². The molecule has 1 fully saturated rings. The highest BCUT2D eigenvalue weighted by Crippen LogP contribution is 2.37. The predicted molar refractivity (Wildman–Crippen MR) is 93.2 cm³/mol. The van der Waals surface area contributed by atoms with Crippen LogP contribution in [0.5, 0.6) is 5.75 Å². The second kappa shape index (κ2) is 7.43. The highest BCUT2D eigenvalue weighted by molar-refractivity contribution is 5.75. The normalized spacial score (nSPS) is 25.9. The molecule has 0 saturated heterocycles. The number of hydrogen-bond acceptors (Lipinski definition) is 3. The molecule has 2 aliphatic carbocycles. The van der Waals surface area contributed by atoms with Gasteiger partial charge in [0, 0.05) is 19.7 Å². The van der Waals surface area contributed by atoms with Crippen molar-refractivity contribution in [2.75, 3.05) is 20.8 Å². The summed E-state index contributed by atoms with van der Waals surface area (Å²) in [6, 6.07) is 6.40. The van der Waals surface area contributed by atoms with Gasteiger partial charge in [0.25, 0.3) is 0 Å². The molecule has 1 atom stereocenters. The molecule has 0 spiro atoms. The Kier molecular flexibility index (Phi) is 5.29. The molecule has 0 aromatic heterocycles. The van der Waals surface area contributed by atoms with Crippen molar-refractivity contribution >= 4 is 6.03 Å². The van der Waals surface area contributed by atoms with E-state index in [1.54, 1.807) is 7.11 Å². The summed E-state index contributed by atoms with van der Waals surface area (Å²) in [5, 5.41) is 12.4. The molecule has 5 heteroatoms. The Bertz CT molecular complexity index is 582. The van der Waals surface area contributed by atoms with Gasteiger partial charge in [-0.05, 0) is 61.6 Å². The fourth-order valence-corrected chi connectivity index (χ4v) is 4.09. The highest BCUT2D eigenvalue weighted by Gasteiger charge is 2.30. The molecule has 1 aromatic carbocycles. The molecule has 2 N–H and O–H groups in total. The predicted octanol–water partition coefficient (Wildman–Crippen LogP) is 2.88. The van der Waals surface area contributed by atoms with Gasteiger partial charge in [0.15, 0.2) is 0 Å². The van der Waals surface area contributed by atoms with E-state index in [1.807, 2.05) is 24.1 Å². The van der Waals surface area contributed by atoms with Crippen molar-refractivity contribution in [1.29, 1.82) is 0 Å². The number of benzene rings is 1. The van der Waals surface area contributed by atoms with Crippen LogP contribution in [0.3, 0.4) is 0 Å². The lowest BCUT2D eigenvalue weighted by molar-refractivity contribution is 0.132. The first-order chi connectivity index (χ1) is 11.6. The van der Waals surface area contributed by atoms with Crippen molar-refractivity contribution in [3.8, 4) is 5.75 Å². The first-order valence-corrected chi connectivity index (χ1v) is 8.94. The monoisotopic (exact) mass is 332 g/mol. The van der Waals surface area contributed by atoms with Crippen molar-refractivity contribution in [1.82, 2.24) is 10.2 Å². The van der Waals surface area contributed by atoms with Gasteiger partial charge in [0.05, 0.1) is 13.2 Å². The minimum absolute atomic E-state index is 0.00289. The molecule has 3 rings (SSSR count). The number of nitrogens with zero attached hydrogens (tertiary/aromatic N) is 1. The second-order valence-corrected chi connectivity index (χ2v) is 7.04. The van der Waals surface area contributed by atoms with E-state index < -0.39 is 0 Å². The van der Waals surface area contributed by atoms with E-state index in [-0.39, 0.29) is 24.7 Å². The zero-order valence-electron chi connectivity index (χ0n) is 14.6. The lowest BCUT2D eigenvalue weighted by atomic mass is 9.86. The molecule has 0 radical (unpaired) electrons. The van der Waals surface area contributed by atoms with E-state index in [2.05, 4.69) is 11.4 Å². The van der Waals surface area contributed by atoms with Crippen LogP contribution in [0.1, 0.15) is 49.3 Å². The maximum absolute atomic E-state index is 12.6. The minimum Gasteiger partial charge on any atom is -0.496 e. The van der Waals surface area contributed by atoms with Crippen LogP contribution < -0.4 is 10.1 Å². The number of carbonyl (C=O) groups is 1. The van der Waals surface area contributed by atoms with Crippen molar-refractivity contribution < 1.29 is 14.6 Å². The molecule has 0 heterocycles. The largest absolute Gasteiger partial charge is 0.496 e. The van der Waals surface area contributed by atoms with Gasteiger partial charge >= 0.3 is 6.03 Å². The number of aliphatic hydroxyl groups excluding tert-OH is 1. The molecule has 0 bridgehead atoms. The SMILES string of the molecule is COc1cccc2c1CCC2NC(=O)N(C)C1CCC(CO)CC1. The lowest BCUT2D eigenvalue weighted by Gasteiger charge is -2.34.